The fourth-order valence-corrected chi connectivity index (χ4v) is 4.98. The van der Waals surface area contributed by atoms with Gasteiger partial charge in [-0.25, -0.2) is 0 Å². The van der Waals surface area contributed by atoms with Crippen molar-refractivity contribution >= 4 is 28.3 Å². The number of nitrogens with one attached hydrogen (secondary N) is 1. The van der Waals surface area contributed by atoms with E-state index in [-0.39, 0.29) is 5.91 Å². The van der Waals surface area contributed by atoms with Gasteiger partial charge in [0.25, 0.3) is 0 Å². The summed E-state index contributed by atoms with van der Waals surface area (Å²) >= 11 is 1.52. The van der Waals surface area contributed by atoms with Crippen LogP contribution in [-0.2, 0) is 24.2 Å². The third-order valence-electron chi connectivity index (χ3n) is 5.37. The summed E-state index contributed by atoms with van der Waals surface area (Å²) in [6.07, 6.45) is 7.33. The number of aryl methyl sites for hydroxylation is 1. The van der Waals surface area contributed by atoms with Gasteiger partial charge >= 0.3 is 0 Å². The topological polar surface area (TPSA) is 71.3 Å². The van der Waals surface area contributed by atoms with E-state index in [9.17, 15) is 10.1 Å². The normalized spacial score (nSPS) is 12.8. The van der Waals surface area contributed by atoms with Gasteiger partial charge in [0.05, 0.1) is 12.7 Å². The second-order valence-electron chi connectivity index (χ2n) is 7.53. The number of amides is 1. The molecule has 1 heterocycles. The highest BCUT2D eigenvalue weighted by atomic mass is 32.1. The molecule has 162 valence electrons. The molecule has 1 aliphatic carbocycles. The highest BCUT2D eigenvalue weighted by molar-refractivity contribution is 7.16. The van der Waals surface area contributed by atoms with Crippen molar-refractivity contribution in [2.75, 3.05) is 12.4 Å². The van der Waals surface area contributed by atoms with Gasteiger partial charge in [0.15, 0.2) is 11.5 Å². The van der Waals surface area contributed by atoms with E-state index >= 15 is 0 Å². The summed E-state index contributed by atoms with van der Waals surface area (Å²) in [5, 5.41) is 13.1. The second kappa shape index (κ2) is 10.2. The molecule has 1 aliphatic rings. The van der Waals surface area contributed by atoms with Gasteiger partial charge < -0.3 is 14.8 Å². The van der Waals surface area contributed by atoms with Gasteiger partial charge in [-0.05, 0) is 60.6 Å². The molecule has 1 amide bonds. The summed E-state index contributed by atoms with van der Waals surface area (Å²) < 4.78 is 11.3. The first kappa shape index (κ1) is 21.7. The van der Waals surface area contributed by atoms with Gasteiger partial charge in [0.2, 0.25) is 5.91 Å². The lowest BCUT2D eigenvalue weighted by atomic mass is 9.96. The molecule has 6 heteroatoms. The molecule has 3 aromatic rings. The van der Waals surface area contributed by atoms with E-state index in [1.165, 1.54) is 22.3 Å². The number of benzene rings is 2. The molecular weight excluding hydrogens is 420 g/mol. The van der Waals surface area contributed by atoms with Crippen molar-refractivity contribution in [3.63, 3.8) is 0 Å². The number of hydrogen-bond donors (Lipinski definition) is 1. The Labute approximate surface area is 191 Å². The maximum absolute atomic E-state index is 12.5. The third-order valence-corrected chi connectivity index (χ3v) is 6.58. The van der Waals surface area contributed by atoms with Gasteiger partial charge in [-0.15, -0.1) is 11.3 Å². The van der Waals surface area contributed by atoms with Crippen molar-refractivity contribution in [2.24, 2.45) is 0 Å². The summed E-state index contributed by atoms with van der Waals surface area (Å²) in [6.45, 7) is 0.445. The molecule has 1 N–H and O–H groups in total. The van der Waals surface area contributed by atoms with Crippen molar-refractivity contribution in [3.8, 4) is 17.6 Å². The van der Waals surface area contributed by atoms with Crippen molar-refractivity contribution in [3.05, 3.63) is 81.7 Å². The molecule has 0 unspecified atom stereocenters. The molecule has 0 bridgehead atoms. The molecule has 5 nitrogen and oxygen atoms in total. The van der Waals surface area contributed by atoms with Crippen LogP contribution in [0.3, 0.4) is 0 Å². The number of thiophene rings is 1. The summed E-state index contributed by atoms with van der Waals surface area (Å²) in [4.78, 5) is 13.7. The van der Waals surface area contributed by atoms with Crippen LogP contribution in [0.5, 0.6) is 11.5 Å². The molecule has 4 rings (SSSR count). The van der Waals surface area contributed by atoms with Crippen LogP contribution in [0.25, 0.3) is 6.08 Å². The van der Waals surface area contributed by atoms with Crippen molar-refractivity contribution in [1.29, 1.82) is 5.26 Å². The number of rotatable bonds is 7. The quantitative estimate of drug-likeness (QED) is 0.472. The summed E-state index contributed by atoms with van der Waals surface area (Å²) in [7, 11) is 1.59. The fourth-order valence-electron chi connectivity index (χ4n) is 3.74. The van der Waals surface area contributed by atoms with Gasteiger partial charge in [-0.3, -0.25) is 4.79 Å². The van der Waals surface area contributed by atoms with E-state index in [1.54, 1.807) is 13.2 Å². The summed E-state index contributed by atoms with van der Waals surface area (Å²) in [5.41, 5.74) is 3.61. The van der Waals surface area contributed by atoms with Crippen molar-refractivity contribution in [1.82, 2.24) is 0 Å². The second-order valence-corrected chi connectivity index (χ2v) is 8.64. The summed E-state index contributed by atoms with van der Waals surface area (Å²) in [5.74, 6) is 0.977. The Morgan fingerprint density at radius 2 is 1.97 bits per heavy atom. The number of ether oxygens (including phenoxy) is 2. The van der Waals surface area contributed by atoms with E-state index in [2.05, 4.69) is 11.4 Å². The number of anilines is 1. The SMILES string of the molecule is COc1cc(/C=C/C(=O)Nc2sc3c(c2C#N)CCCC3)ccc1OCc1ccccc1. The Morgan fingerprint density at radius 3 is 2.75 bits per heavy atom. The number of hydrogen-bond acceptors (Lipinski definition) is 5. The third kappa shape index (κ3) is 5.01. The zero-order chi connectivity index (χ0) is 22.3. The lowest BCUT2D eigenvalue weighted by Gasteiger charge is -2.11. The average Bonchev–Trinajstić information content (AvgIpc) is 3.19. The Hall–Kier alpha value is -3.56. The van der Waals surface area contributed by atoms with Crippen molar-refractivity contribution < 1.29 is 14.3 Å². The number of carbonyl (C=O) groups is 1. The van der Waals surface area contributed by atoms with Gasteiger partial charge in [0.1, 0.15) is 17.7 Å². The van der Waals surface area contributed by atoms with Crippen LogP contribution >= 0.6 is 11.3 Å². The van der Waals surface area contributed by atoms with Crippen LogP contribution in [0.15, 0.2) is 54.6 Å². The first-order valence-corrected chi connectivity index (χ1v) is 11.4. The molecule has 1 aromatic heterocycles. The van der Waals surface area contributed by atoms with Gasteiger partial charge in [-0.1, -0.05) is 36.4 Å². The zero-order valence-electron chi connectivity index (χ0n) is 17.9. The van der Waals surface area contributed by atoms with Crippen LogP contribution in [0.4, 0.5) is 5.00 Å². The first-order chi connectivity index (χ1) is 15.7. The Kier molecular flexibility index (Phi) is 6.88. The van der Waals surface area contributed by atoms with Crippen LogP contribution < -0.4 is 14.8 Å². The fraction of sp³-hybridized carbons (Fsp3) is 0.231. The zero-order valence-corrected chi connectivity index (χ0v) is 18.7. The molecule has 0 spiro atoms. The largest absolute Gasteiger partial charge is 0.493 e. The molecule has 0 fully saturated rings. The number of fused-ring (bicyclic) bond motifs is 1. The molecule has 0 saturated heterocycles. The van der Waals surface area contributed by atoms with E-state index in [0.717, 1.165) is 42.4 Å². The molecule has 0 atom stereocenters. The molecule has 0 radical (unpaired) electrons. The van der Waals surface area contributed by atoms with Gasteiger partial charge in [-0.2, -0.15) is 5.26 Å². The number of nitrogens with zero attached hydrogens (tertiary/aromatic N) is 1. The minimum Gasteiger partial charge on any atom is -0.493 e. The lowest BCUT2D eigenvalue weighted by Crippen LogP contribution is -2.07. The minimum atomic E-state index is -0.261. The highest BCUT2D eigenvalue weighted by Crippen LogP contribution is 2.37. The Balaban J connectivity index is 1.42. The van der Waals surface area contributed by atoms with Gasteiger partial charge in [0, 0.05) is 11.0 Å². The van der Waals surface area contributed by atoms with Crippen LogP contribution in [0.2, 0.25) is 0 Å². The van der Waals surface area contributed by atoms with Crippen LogP contribution in [0.1, 0.15) is 40.0 Å². The van der Waals surface area contributed by atoms with Crippen LogP contribution in [-0.4, -0.2) is 13.0 Å². The molecule has 32 heavy (non-hydrogen) atoms. The van der Waals surface area contributed by atoms with Crippen LogP contribution in [0, 0.1) is 11.3 Å². The van der Waals surface area contributed by atoms with E-state index in [0.29, 0.717) is 28.7 Å². The molecular formula is C26H24N2O3S. The maximum Gasteiger partial charge on any atom is 0.249 e. The average molecular weight is 445 g/mol. The van der Waals surface area contributed by atoms with E-state index in [4.69, 9.17) is 9.47 Å². The highest BCUT2D eigenvalue weighted by Gasteiger charge is 2.21. The molecule has 0 saturated carbocycles. The monoisotopic (exact) mass is 444 g/mol. The standard InChI is InChI=1S/C26H24N2O3S/c1-30-23-15-18(11-13-22(23)31-17-19-7-3-2-4-8-19)12-14-25(29)28-26-21(16-27)20-9-5-6-10-24(20)32-26/h2-4,7-8,11-15H,5-6,9-10,17H2,1H3,(H,28,29)/b14-12+. The predicted octanol–water partition coefficient (Wildman–Crippen LogP) is 5.74. The predicted molar refractivity (Wildman–Crippen MR) is 127 cm³/mol. The molecule has 2 aromatic carbocycles. The Bertz CT molecular complexity index is 1180. The molecule has 0 aliphatic heterocycles. The lowest BCUT2D eigenvalue weighted by molar-refractivity contribution is -0.111. The summed E-state index contributed by atoms with van der Waals surface area (Å²) in [6, 6.07) is 17.7. The number of nitriles is 1. The van der Waals surface area contributed by atoms with E-state index in [1.807, 2.05) is 48.5 Å². The smallest absolute Gasteiger partial charge is 0.249 e. The first-order valence-electron chi connectivity index (χ1n) is 10.6. The Morgan fingerprint density at radius 1 is 1.16 bits per heavy atom. The number of carbonyl (C=O) groups excluding carboxylic acids is 1. The minimum absolute atomic E-state index is 0.261. The van der Waals surface area contributed by atoms with E-state index < -0.39 is 0 Å². The maximum atomic E-state index is 12.5. The number of methoxy groups -OCH3 is 1. The van der Waals surface area contributed by atoms with Crippen molar-refractivity contribution in [2.45, 2.75) is 32.3 Å².